The average Bonchev–Trinajstić information content (AvgIpc) is 2.79. The van der Waals surface area contributed by atoms with Gasteiger partial charge in [-0.2, -0.15) is 0 Å². The van der Waals surface area contributed by atoms with Crippen molar-refractivity contribution >= 4 is 12.1 Å². The van der Waals surface area contributed by atoms with Crippen LogP contribution in [0.5, 0.6) is 11.5 Å². The van der Waals surface area contributed by atoms with E-state index < -0.39 is 18.6 Å². The number of carboxylic acids is 1. The summed E-state index contributed by atoms with van der Waals surface area (Å²) in [5, 5.41) is 9.25. The number of aliphatic carboxylic acids is 1. The fourth-order valence-corrected chi connectivity index (χ4v) is 3.23. The molecule has 7 heteroatoms. The quantitative estimate of drug-likeness (QED) is 0.485. The summed E-state index contributed by atoms with van der Waals surface area (Å²) in [4.78, 5) is 29.5. The highest BCUT2D eigenvalue weighted by Gasteiger charge is 2.20. The van der Waals surface area contributed by atoms with Gasteiger partial charge in [0, 0.05) is 24.9 Å². The molecule has 1 N–H and O–H groups in total. The molecule has 0 radical (unpaired) electrons. The van der Waals surface area contributed by atoms with Gasteiger partial charge in [0.05, 0.1) is 6.61 Å². The van der Waals surface area contributed by atoms with E-state index in [1.54, 1.807) is 24.3 Å². The Kier molecular flexibility index (Phi) is 8.41. The number of aryl methyl sites for hydroxylation is 2. The summed E-state index contributed by atoms with van der Waals surface area (Å²) in [5.41, 5.74) is 3.82. The third-order valence-electron chi connectivity index (χ3n) is 4.97. The van der Waals surface area contributed by atoms with Crippen LogP contribution in [0.4, 0.5) is 4.79 Å². The van der Waals surface area contributed by atoms with Crippen LogP contribution in [-0.4, -0.2) is 40.2 Å². The lowest BCUT2D eigenvalue weighted by molar-refractivity contribution is -0.138. The van der Waals surface area contributed by atoms with Crippen LogP contribution in [-0.2, 0) is 24.2 Å². The van der Waals surface area contributed by atoms with Crippen LogP contribution in [0.1, 0.15) is 29.3 Å². The van der Waals surface area contributed by atoms with E-state index in [1.807, 2.05) is 43.5 Å². The summed E-state index contributed by atoms with van der Waals surface area (Å²) in [6.07, 6.45) is 2.77. The molecule has 0 spiro atoms. The molecule has 0 aliphatic heterocycles. The fourth-order valence-electron chi connectivity index (χ4n) is 3.23. The molecule has 7 nitrogen and oxygen atoms in total. The molecule has 1 aromatic heterocycles. The maximum Gasteiger partial charge on any atom is 0.416 e. The van der Waals surface area contributed by atoms with Crippen LogP contribution in [0.2, 0.25) is 0 Å². The van der Waals surface area contributed by atoms with E-state index in [1.165, 1.54) is 5.56 Å². The first kappa shape index (κ1) is 23.8. The number of benzene rings is 2. The Bertz CT molecular complexity index is 1080. The number of nitrogens with zero attached hydrogens (tertiary/aromatic N) is 2. The molecule has 3 rings (SSSR count). The predicted octanol–water partition coefficient (Wildman–Crippen LogP) is 4.66. The van der Waals surface area contributed by atoms with Gasteiger partial charge in [-0.1, -0.05) is 37.3 Å². The molecule has 0 bridgehead atoms. The molecule has 0 unspecified atom stereocenters. The van der Waals surface area contributed by atoms with Gasteiger partial charge < -0.3 is 14.6 Å². The molecule has 3 aromatic rings. The molecule has 33 heavy (non-hydrogen) atoms. The van der Waals surface area contributed by atoms with Gasteiger partial charge in [0.1, 0.15) is 18.0 Å². The van der Waals surface area contributed by atoms with Gasteiger partial charge in [-0.25, -0.2) is 4.79 Å². The lowest BCUT2D eigenvalue weighted by Crippen LogP contribution is -2.37. The lowest BCUT2D eigenvalue weighted by Gasteiger charge is -2.20. The number of carboxylic acid groups (broad SMARTS) is 1. The normalized spacial score (nSPS) is 10.5. The van der Waals surface area contributed by atoms with E-state index >= 15 is 0 Å². The Hall–Kier alpha value is -3.87. The van der Waals surface area contributed by atoms with E-state index in [4.69, 9.17) is 9.47 Å². The smallest absolute Gasteiger partial charge is 0.416 e. The van der Waals surface area contributed by atoms with Gasteiger partial charge in [0.2, 0.25) is 0 Å². The summed E-state index contributed by atoms with van der Waals surface area (Å²) < 4.78 is 11.2. The first-order chi connectivity index (χ1) is 15.9. The Labute approximate surface area is 193 Å². The Balaban J connectivity index is 1.60. The highest BCUT2D eigenvalue weighted by molar-refractivity contribution is 5.78. The van der Waals surface area contributed by atoms with Crippen LogP contribution in [0, 0.1) is 6.92 Å². The van der Waals surface area contributed by atoms with Crippen LogP contribution in [0.15, 0.2) is 66.9 Å². The number of aromatic nitrogens is 1. The highest BCUT2D eigenvalue weighted by Crippen LogP contribution is 2.18. The number of hydrogen-bond donors (Lipinski definition) is 1. The number of carbonyl (C=O) groups is 2. The van der Waals surface area contributed by atoms with Crippen LogP contribution in [0.25, 0.3) is 0 Å². The van der Waals surface area contributed by atoms with Crippen LogP contribution < -0.4 is 9.47 Å². The summed E-state index contributed by atoms with van der Waals surface area (Å²) in [7, 11) is 0. The van der Waals surface area contributed by atoms with Gasteiger partial charge in [0.15, 0.2) is 0 Å². The Morgan fingerprint density at radius 1 is 1.00 bits per heavy atom. The van der Waals surface area contributed by atoms with E-state index in [0.717, 1.165) is 28.1 Å². The molecule has 0 aliphatic rings. The maximum absolute atomic E-state index is 12.6. The number of rotatable bonds is 10. The molecular weight excluding hydrogens is 420 g/mol. The largest absolute Gasteiger partial charge is 0.493 e. The van der Waals surface area contributed by atoms with E-state index in [2.05, 4.69) is 18.0 Å². The third-order valence-corrected chi connectivity index (χ3v) is 4.97. The average molecular weight is 449 g/mol. The van der Waals surface area contributed by atoms with Crippen molar-refractivity contribution < 1.29 is 24.2 Å². The molecule has 172 valence electrons. The van der Waals surface area contributed by atoms with E-state index in [9.17, 15) is 14.7 Å². The third kappa shape index (κ3) is 7.64. The molecule has 1 amide bonds. The summed E-state index contributed by atoms with van der Waals surface area (Å²) in [5.74, 6) is -0.113. The second kappa shape index (κ2) is 11.7. The van der Waals surface area contributed by atoms with E-state index in [0.29, 0.717) is 24.5 Å². The minimum absolute atomic E-state index is 0.0776. The number of carbonyl (C=O) groups excluding carboxylic acids is 1. The zero-order valence-electron chi connectivity index (χ0n) is 18.9. The van der Waals surface area contributed by atoms with Crippen molar-refractivity contribution in [2.45, 2.75) is 33.2 Å². The molecule has 0 fully saturated rings. The number of amides is 1. The standard InChI is InChI=1S/C26H28N2O5/c1-3-20-10-11-22(27-16-20)12-13-32-23-8-5-7-21(15-23)17-28(18-25(29)30)26(31)33-24-9-4-6-19(2)14-24/h4-11,14-16H,3,12-13,17-18H2,1-2H3,(H,29,30). The lowest BCUT2D eigenvalue weighted by atomic mass is 10.2. The van der Waals surface area contributed by atoms with Crippen molar-refractivity contribution in [2.75, 3.05) is 13.2 Å². The van der Waals surface area contributed by atoms with Crippen molar-refractivity contribution in [1.29, 1.82) is 0 Å². The highest BCUT2D eigenvalue weighted by atomic mass is 16.6. The minimum atomic E-state index is -1.12. The molecule has 0 saturated heterocycles. The first-order valence-electron chi connectivity index (χ1n) is 10.8. The number of ether oxygens (including phenoxy) is 2. The summed E-state index contributed by atoms with van der Waals surface area (Å²) >= 11 is 0. The van der Waals surface area contributed by atoms with E-state index in [-0.39, 0.29) is 6.54 Å². The second-order valence-corrected chi connectivity index (χ2v) is 7.69. The predicted molar refractivity (Wildman–Crippen MR) is 125 cm³/mol. The van der Waals surface area contributed by atoms with Crippen molar-refractivity contribution in [3.8, 4) is 11.5 Å². The summed E-state index contributed by atoms with van der Waals surface area (Å²) in [6.45, 7) is 4.03. The van der Waals surface area contributed by atoms with Gasteiger partial charge in [-0.15, -0.1) is 0 Å². The van der Waals surface area contributed by atoms with Gasteiger partial charge in [-0.05, 0) is 60.4 Å². The number of hydrogen-bond acceptors (Lipinski definition) is 5. The van der Waals surface area contributed by atoms with Gasteiger partial charge in [0.25, 0.3) is 0 Å². The number of pyridine rings is 1. The first-order valence-corrected chi connectivity index (χ1v) is 10.8. The molecule has 2 aromatic carbocycles. The Morgan fingerprint density at radius 3 is 2.48 bits per heavy atom. The zero-order valence-corrected chi connectivity index (χ0v) is 18.9. The maximum atomic E-state index is 12.6. The minimum Gasteiger partial charge on any atom is -0.493 e. The topological polar surface area (TPSA) is 89.0 Å². The SMILES string of the molecule is CCc1ccc(CCOc2cccc(CN(CC(=O)O)C(=O)Oc3cccc(C)c3)c2)nc1. The molecular formula is C26H28N2O5. The zero-order chi connectivity index (χ0) is 23.6. The second-order valence-electron chi connectivity index (χ2n) is 7.69. The van der Waals surface area contributed by atoms with Crippen LogP contribution >= 0.6 is 0 Å². The van der Waals surface area contributed by atoms with Crippen molar-refractivity contribution in [2.24, 2.45) is 0 Å². The summed E-state index contributed by atoms with van der Waals surface area (Å²) in [6, 6.07) is 18.3. The van der Waals surface area contributed by atoms with Crippen molar-refractivity contribution in [1.82, 2.24) is 9.88 Å². The fraction of sp³-hybridized carbons (Fsp3) is 0.269. The van der Waals surface area contributed by atoms with Crippen LogP contribution in [0.3, 0.4) is 0 Å². The molecule has 1 heterocycles. The Morgan fingerprint density at radius 2 is 1.79 bits per heavy atom. The van der Waals surface area contributed by atoms with Gasteiger partial charge in [-0.3, -0.25) is 14.7 Å². The molecule has 0 saturated carbocycles. The van der Waals surface area contributed by atoms with Crippen molar-refractivity contribution in [3.05, 3.63) is 89.2 Å². The molecule has 0 atom stereocenters. The monoisotopic (exact) mass is 448 g/mol. The molecule has 0 aliphatic carbocycles. The van der Waals surface area contributed by atoms with Gasteiger partial charge >= 0.3 is 12.1 Å². The van der Waals surface area contributed by atoms with Crippen molar-refractivity contribution in [3.63, 3.8) is 0 Å².